The Morgan fingerprint density at radius 2 is 2.37 bits per heavy atom. The number of hydrogen-bond donors (Lipinski definition) is 2. The van der Waals surface area contributed by atoms with E-state index >= 15 is 0 Å². The first-order chi connectivity index (χ1) is 9.05. The minimum Gasteiger partial charge on any atom is -0.352 e. The van der Waals surface area contributed by atoms with Gasteiger partial charge in [-0.05, 0) is 51.8 Å². The van der Waals surface area contributed by atoms with Gasteiger partial charge in [0.1, 0.15) is 0 Å². The van der Waals surface area contributed by atoms with Crippen molar-refractivity contribution in [2.24, 2.45) is 0 Å². The van der Waals surface area contributed by atoms with Crippen LogP contribution in [0.1, 0.15) is 42.9 Å². The molecule has 1 fully saturated rings. The molecule has 1 aromatic heterocycles. The Balaban J connectivity index is 1.91. The lowest BCUT2D eigenvalue weighted by Crippen LogP contribution is -2.55. The fourth-order valence-corrected chi connectivity index (χ4v) is 3.79. The average Bonchev–Trinajstić information content (AvgIpc) is 2.98. The average molecular weight is 280 g/mol. The van der Waals surface area contributed by atoms with Gasteiger partial charge in [0.25, 0.3) is 0 Å². The van der Waals surface area contributed by atoms with Gasteiger partial charge in [0.15, 0.2) is 0 Å². The highest BCUT2D eigenvalue weighted by Gasteiger charge is 2.39. The van der Waals surface area contributed by atoms with Crippen molar-refractivity contribution in [2.75, 3.05) is 6.54 Å². The minimum absolute atomic E-state index is 0.174. The summed E-state index contributed by atoms with van der Waals surface area (Å²) in [6, 6.07) is 4.49. The zero-order chi connectivity index (χ0) is 13.9. The van der Waals surface area contributed by atoms with Crippen LogP contribution in [0.2, 0.25) is 0 Å². The van der Waals surface area contributed by atoms with Crippen LogP contribution in [-0.2, 0) is 11.2 Å². The van der Waals surface area contributed by atoms with Gasteiger partial charge in [-0.2, -0.15) is 0 Å². The third kappa shape index (κ3) is 3.37. The summed E-state index contributed by atoms with van der Waals surface area (Å²) < 4.78 is 0. The molecule has 2 heterocycles. The SMILES string of the molecule is CCC1(C(=O)NC(C)Cc2ccc(C)s2)CCCN1. The van der Waals surface area contributed by atoms with Crippen molar-refractivity contribution < 1.29 is 4.79 Å². The highest BCUT2D eigenvalue weighted by Crippen LogP contribution is 2.23. The van der Waals surface area contributed by atoms with E-state index < -0.39 is 0 Å². The molecule has 0 spiro atoms. The van der Waals surface area contributed by atoms with Crippen molar-refractivity contribution in [3.63, 3.8) is 0 Å². The quantitative estimate of drug-likeness (QED) is 0.870. The first-order valence-corrected chi connectivity index (χ1v) is 7.99. The van der Waals surface area contributed by atoms with E-state index in [1.54, 1.807) is 0 Å². The van der Waals surface area contributed by atoms with E-state index in [0.717, 1.165) is 32.2 Å². The molecule has 19 heavy (non-hydrogen) atoms. The Labute approximate surface area is 119 Å². The van der Waals surface area contributed by atoms with E-state index in [4.69, 9.17) is 0 Å². The van der Waals surface area contributed by atoms with Gasteiger partial charge in [-0.1, -0.05) is 6.92 Å². The fraction of sp³-hybridized carbons (Fsp3) is 0.667. The molecule has 1 aliphatic rings. The minimum atomic E-state index is -0.320. The van der Waals surface area contributed by atoms with Crippen molar-refractivity contribution in [3.8, 4) is 0 Å². The predicted octanol–water partition coefficient (Wildman–Crippen LogP) is 2.64. The number of carbonyl (C=O) groups excluding carboxylic acids is 1. The van der Waals surface area contributed by atoms with Gasteiger partial charge >= 0.3 is 0 Å². The molecule has 1 amide bonds. The molecule has 2 unspecified atom stereocenters. The molecule has 106 valence electrons. The molecule has 2 atom stereocenters. The molecule has 0 radical (unpaired) electrons. The van der Waals surface area contributed by atoms with E-state index in [0.29, 0.717) is 0 Å². The molecular formula is C15H24N2OS. The normalized spacial score (nSPS) is 24.4. The number of aryl methyl sites for hydroxylation is 1. The monoisotopic (exact) mass is 280 g/mol. The number of hydrogen-bond acceptors (Lipinski definition) is 3. The standard InChI is InChI=1S/C15H24N2OS/c1-4-15(8-5-9-16-15)14(18)17-11(2)10-13-7-6-12(3)19-13/h6-7,11,16H,4-5,8-10H2,1-3H3,(H,17,18). The Morgan fingerprint density at radius 1 is 1.58 bits per heavy atom. The second kappa shape index (κ2) is 6.06. The highest BCUT2D eigenvalue weighted by molar-refractivity contribution is 7.11. The van der Waals surface area contributed by atoms with Crippen molar-refractivity contribution in [1.82, 2.24) is 10.6 Å². The Hall–Kier alpha value is -0.870. The van der Waals surface area contributed by atoms with Crippen LogP contribution in [-0.4, -0.2) is 24.0 Å². The summed E-state index contributed by atoms with van der Waals surface area (Å²) in [6.45, 7) is 7.25. The Morgan fingerprint density at radius 3 is 2.89 bits per heavy atom. The molecule has 0 aliphatic carbocycles. The molecule has 4 heteroatoms. The highest BCUT2D eigenvalue weighted by atomic mass is 32.1. The number of carbonyl (C=O) groups is 1. The van der Waals surface area contributed by atoms with Crippen LogP contribution in [0, 0.1) is 6.92 Å². The topological polar surface area (TPSA) is 41.1 Å². The van der Waals surface area contributed by atoms with Crippen LogP contribution in [0.4, 0.5) is 0 Å². The smallest absolute Gasteiger partial charge is 0.240 e. The number of nitrogens with one attached hydrogen (secondary N) is 2. The van der Waals surface area contributed by atoms with Crippen LogP contribution in [0.5, 0.6) is 0 Å². The van der Waals surface area contributed by atoms with E-state index in [1.807, 2.05) is 11.3 Å². The predicted molar refractivity (Wildman–Crippen MR) is 80.6 cm³/mol. The summed E-state index contributed by atoms with van der Waals surface area (Å²) in [5.41, 5.74) is -0.320. The third-order valence-corrected chi connectivity index (χ3v) is 4.99. The third-order valence-electron chi connectivity index (χ3n) is 3.96. The van der Waals surface area contributed by atoms with E-state index in [-0.39, 0.29) is 17.5 Å². The maximum Gasteiger partial charge on any atom is 0.240 e. The van der Waals surface area contributed by atoms with Crippen LogP contribution >= 0.6 is 11.3 Å². The molecule has 1 saturated heterocycles. The first-order valence-electron chi connectivity index (χ1n) is 7.17. The Kier molecular flexibility index (Phi) is 4.63. The fourth-order valence-electron chi connectivity index (χ4n) is 2.77. The maximum atomic E-state index is 12.4. The van der Waals surface area contributed by atoms with Gasteiger partial charge in [-0.15, -0.1) is 11.3 Å². The zero-order valence-corrected chi connectivity index (χ0v) is 12.9. The number of amides is 1. The molecule has 0 aromatic carbocycles. The second-order valence-electron chi connectivity index (χ2n) is 5.56. The lowest BCUT2D eigenvalue weighted by molar-refractivity contribution is -0.127. The van der Waals surface area contributed by atoms with Crippen LogP contribution < -0.4 is 10.6 Å². The maximum absolute atomic E-state index is 12.4. The molecule has 2 N–H and O–H groups in total. The lowest BCUT2D eigenvalue weighted by Gasteiger charge is -2.28. The second-order valence-corrected chi connectivity index (χ2v) is 6.93. The number of thiophene rings is 1. The van der Waals surface area contributed by atoms with Gasteiger partial charge < -0.3 is 10.6 Å². The van der Waals surface area contributed by atoms with Gasteiger partial charge in [0, 0.05) is 22.2 Å². The molecule has 1 aliphatic heterocycles. The summed E-state index contributed by atoms with van der Waals surface area (Å²) >= 11 is 1.81. The summed E-state index contributed by atoms with van der Waals surface area (Å²) in [5.74, 6) is 0.174. The first kappa shape index (κ1) is 14.5. The van der Waals surface area contributed by atoms with Gasteiger partial charge in [-0.25, -0.2) is 0 Å². The van der Waals surface area contributed by atoms with E-state index in [1.165, 1.54) is 9.75 Å². The van der Waals surface area contributed by atoms with Crippen LogP contribution in [0.15, 0.2) is 12.1 Å². The zero-order valence-electron chi connectivity index (χ0n) is 12.1. The van der Waals surface area contributed by atoms with Gasteiger partial charge in [-0.3, -0.25) is 4.79 Å². The summed E-state index contributed by atoms with van der Waals surface area (Å²) in [5, 5.41) is 6.56. The molecule has 1 aromatic rings. The van der Waals surface area contributed by atoms with Crippen LogP contribution in [0.25, 0.3) is 0 Å². The number of rotatable bonds is 5. The van der Waals surface area contributed by atoms with Crippen molar-refractivity contribution in [2.45, 2.75) is 58.0 Å². The summed E-state index contributed by atoms with van der Waals surface area (Å²) in [7, 11) is 0. The van der Waals surface area contributed by atoms with Gasteiger partial charge in [0.05, 0.1) is 5.54 Å². The summed E-state index contributed by atoms with van der Waals surface area (Å²) in [4.78, 5) is 15.1. The van der Waals surface area contributed by atoms with Gasteiger partial charge in [0.2, 0.25) is 5.91 Å². The van der Waals surface area contributed by atoms with Crippen molar-refractivity contribution in [1.29, 1.82) is 0 Å². The van der Waals surface area contributed by atoms with E-state index in [9.17, 15) is 4.79 Å². The van der Waals surface area contributed by atoms with Crippen LogP contribution in [0.3, 0.4) is 0 Å². The van der Waals surface area contributed by atoms with E-state index in [2.05, 4.69) is 43.5 Å². The Bertz CT molecular complexity index is 435. The van der Waals surface area contributed by atoms with Crippen molar-refractivity contribution in [3.05, 3.63) is 21.9 Å². The molecule has 2 rings (SSSR count). The molecule has 3 nitrogen and oxygen atoms in total. The molecule has 0 bridgehead atoms. The molecular weight excluding hydrogens is 256 g/mol. The lowest BCUT2D eigenvalue weighted by atomic mass is 9.92. The molecule has 0 saturated carbocycles. The summed E-state index contributed by atoms with van der Waals surface area (Å²) in [6.07, 6.45) is 3.84. The van der Waals surface area contributed by atoms with Crippen molar-refractivity contribution >= 4 is 17.2 Å². The largest absolute Gasteiger partial charge is 0.352 e.